The SMILES string of the molecule is CC(C)(C)OC(=O)N[C@@]1(OO)C(=O)N(Cc2ccccc2)c2cc(Br)ccc21. The van der Waals surface area contributed by atoms with Crippen LogP contribution >= 0.6 is 15.9 Å². The highest BCUT2D eigenvalue weighted by atomic mass is 79.9. The molecule has 2 N–H and O–H groups in total. The fourth-order valence-electron chi connectivity index (χ4n) is 3.04. The average molecular weight is 449 g/mol. The van der Waals surface area contributed by atoms with E-state index in [0.29, 0.717) is 11.3 Å². The van der Waals surface area contributed by atoms with Crippen LogP contribution in [0.15, 0.2) is 53.0 Å². The van der Waals surface area contributed by atoms with E-state index >= 15 is 0 Å². The van der Waals surface area contributed by atoms with Crippen molar-refractivity contribution in [1.82, 2.24) is 5.32 Å². The minimum absolute atomic E-state index is 0.240. The molecule has 2 aromatic carbocycles. The molecule has 0 bridgehead atoms. The van der Waals surface area contributed by atoms with Crippen molar-refractivity contribution in [2.75, 3.05) is 4.90 Å². The first-order valence-electron chi connectivity index (χ1n) is 8.66. The van der Waals surface area contributed by atoms with Crippen LogP contribution in [-0.2, 0) is 26.7 Å². The zero-order chi connectivity index (χ0) is 20.5. The highest BCUT2D eigenvalue weighted by molar-refractivity contribution is 9.10. The number of amides is 2. The average Bonchev–Trinajstić information content (AvgIpc) is 2.83. The largest absolute Gasteiger partial charge is 0.444 e. The van der Waals surface area contributed by atoms with Crippen LogP contribution in [0.4, 0.5) is 10.5 Å². The molecule has 0 saturated heterocycles. The van der Waals surface area contributed by atoms with Crippen LogP contribution < -0.4 is 10.2 Å². The first kappa shape index (κ1) is 20.3. The Morgan fingerprint density at radius 1 is 1.21 bits per heavy atom. The molecule has 0 aromatic heterocycles. The summed E-state index contributed by atoms with van der Waals surface area (Å²) in [4.78, 5) is 31.7. The first-order valence-corrected chi connectivity index (χ1v) is 9.45. The number of alkyl carbamates (subject to hydrolysis) is 1. The van der Waals surface area contributed by atoms with Crippen LogP contribution in [0.5, 0.6) is 0 Å². The number of nitrogens with zero attached hydrogens (tertiary/aromatic N) is 1. The lowest BCUT2D eigenvalue weighted by molar-refractivity contribution is -0.321. The van der Waals surface area contributed by atoms with E-state index in [1.165, 1.54) is 4.90 Å². The van der Waals surface area contributed by atoms with Crippen molar-refractivity contribution in [3.05, 3.63) is 64.1 Å². The third kappa shape index (κ3) is 3.89. The number of hydrogen-bond donors (Lipinski definition) is 2. The van der Waals surface area contributed by atoms with E-state index < -0.39 is 23.3 Å². The summed E-state index contributed by atoms with van der Waals surface area (Å²) in [5, 5.41) is 12.1. The Balaban J connectivity index is 2.01. The van der Waals surface area contributed by atoms with Gasteiger partial charge in [0.05, 0.1) is 12.2 Å². The van der Waals surface area contributed by atoms with Gasteiger partial charge in [0.1, 0.15) is 5.60 Å². The van der Waals surface area contributed by atoms with E-state index in [4.69, 9.17) is 4.74 Å². The molecular weight excluding hydrogens is 428 g/mol. The summed E-state index contributed by atoms with van der Waals surface area (Å²) in [7, 11) is 0. The summed E-state index contributed by atoms with van der Waals surface area (Å²) in [6.45, 7) is 5.33. The predicted octanol–water partition coefficient (Wildman–Crippen LogP) is 4.16. The molecule has 1 atom stereocenters. The van der Waals surface area contributed by atoms with Gasteiger partial charge in [-0.25, -0.2) is 10.1 Å². The Hall–Kier alpha value is -2.42. The minimum atomic E-state index is -2.09. The van der Waals surface area contributed by atoms with Gasteiger partial charge in [0.2, 0.25) is 0 Å². The van der Waals surface area contributed by atoms with Crippen molar-refractivity contribution in [3.8, 4) is 0 Å². The van der Waals surface area contributed by atoms with Crippen molar-refractivity contribution in [1.29, 1.82) is 0 Å². The highest BCUT2D eigenvalue weighted by Crippen LogP contribution is 2.43. The first-order chi connectivity index (χ1) is 13.2. The molecule has 1 heterocycles. The lowest BCUT2D eigenvalue weighted by atomic mass is 10.0. The molecule has 0 aliphatic carbocycles. The maximum Gasteiger partial charge on any atom is 0.410 e. The van der Waals surface area contributed by atoms with E-state index in [1.54, 1.807) is 39.0 Å². The fraction of sp³-hybridized carbons (Fsp3) is 0.300. The molecule has 0 saturated carbocycles. The van der Waals surface area contributed by atoms with Gasteiger partial charge in [-0.15, -0.1) is 0 Å². The quantitative estimate of drug-likeness (QED) is 0.416. The van der Waals surface area contributed by atoms with E-state index in [1.807, 2.05) is 30.3 Å². The number of carbonyl (C=O) groups excluding carboxylic acids is 2. The predicted molar refractivity (Wildman–Crippen MR) is 107 cm³/mol. The van der Waals surface area contributed by atoms with Crippen LogP contribution in [0.3, 0.4) is 0 Å². The lowest BCUT2D eigenvalue weighted by Gasteiger charge is -2.28. The molecule has 0 radical (unpaired) electrons. The van der Waals surface area contributed by atoms with Gasteiger partial charge in [-0.3, -0.25) is 10.1 Å². The number of fused-ring (bicyclic) bond motifs is 1. The van der Waals surface area contributed by atoms with E-state index in [0.717, 1.165) is 10.0 Å². The van der Waals surface area contributed by atoms with Crippen LogP contribution in [0, 0.1) is 0 Å². The fourth-order valence-corrected chi connectivity index (χ4v) is 3.39. The number of carbonyl (C=O) groups is 2. The topological polar surface area (TPSA) is 88.1 Å². The molecule has 0 unspecified atom stereocenters. The lowest BCUT2D eigenvalue weighted by Crippen LogP contribution is -2.55. The molecule has 0 spiro atoms. The van der Waals surface area contributed by atoms with Gasteiger partial charge in [-0.2, -0.15) is 4.89 Å². The maximum atomic E-state index is 13.3. The van der Waals surface area contributed by atoms with Gasteiger partial charge >= 0.3 is 6.09 Å². The van der Waals surface area contributed by atoms with Crippen molar-refractivity contribution in [2.45, 2.75) is 38.6 Å². The van der Waals surface area contributed by atoms with Crippen molar-refractivity contribution < 1.29 is 24.5 Å². The molecular formula is C20H21BrN2O5. The Bertz CT molecular complexity index is 897. The molecule has 1 aliphatic rings. The van der Waals surface area contributed by atoms with Gasteiger partial charge in [0.25, 0.3) is 11.6 Å². The van der Waals surface area contributed by atoms with Crippen LogP contribution in [0.1, 0.15) is 31.9 Å². The number of hydrogen-bond acceptors (Lipinski definition) is 5. The number of halogens is 1. The van der Waals surface area contributed by atoms with Crippen molar-refractivity contribution in [2.24, 2.45) is 0 Å². The zero-order valence-electron chi connectivity index (χ0n) is 15.7. The number of rotatable bonds is 4. The molecule has 1 aliphatic heterocycles. The van der Waals surface area contributed by atoms with Gasteiger partial charge < -0.3 is 9.64 Å². The molecule has 3 rings (SSSR count). The summed E-state index contributed by atoms with van der Waals surface area (Å²) in [5.41, 5.74) is -1.17. The summed E-state index contributed by atoms with van der Waals surface area (Å²) >= 11 is 3.39. The van der Waals surface area contributed by atoms with E-state index in [9.17, 15) is 14.8 Å². The van der Waals surface area contributed by atoms with Crippen LogP contribution in [0.2, 0.25) is 0 Å². The summed E-state index contributed by atoms with van der Waals surface area (Å²) in [5.74, 6) is -0.627. The molecule has 28 heavy (non-hydrogen) atoms. The van der Waals surface area contributed by atoms with Gasteiger partial charge in [-0.05, 0) is 38.5 Å². The second kappa shape index (κ2) is 7.54. The molecule has 2 aromatic rings. The molecule has 7 nitrogen and oxygen atoms in total. The third-order valence-corrected chi connectivity index (χ3v) is 4.67. The zero-order valence-corrected chi connectivity index (χ0v) is 17.3. The summed E-state index contributed by atoms with van der Waals surface area (Å²) in [6.07, 6.45) is -0.884. The van der Waals surface area contributed by atoms with Crippen molar-refractivity contribution in [3.63, 3.8) is 0 Å². The highest BCUT2D eigenvalue weighted by Gasteiger charge is 2.55. The van der Waals surface area contributed by atoms with Gasteiger partial charge in [0.15, 0.2) is 0 Å². The van der Waals surface area contributed by atoms with Gasteiger partial charge in [0, 0.05) is 10.0 Å². The summed E-state index contributed by atoms with van der Waals surface area (Å²) in [6, 6.07) is 14.4. The molecule has 2 amide bonds. The second-order valence-corrected chi connectivity index (χ2v) is 8.35. The Morgan fingerprint density at radius 3 is 2.50 bits per heavy atom. The van der Waals surface area contributed by atoms with Gasteiger partial charge in [-0.1, -0.05) is 52.3 Å². The standard InChI is InChI=1S/C20H21BrN2O5/c1-19(2,3)27-18(25)22-20(28-26)15-10-9-14(21)11-16(15)23(17(20)24)12-13-7-5-4-6-8-13/h4-11,26H,12H2,1-3H3,(H,22,25)/t20-/m0/s1. The maximum absolute atomic E-state index is 13.3. The number of nitrogens with one attached hydrogen (secondary N) is 1. The van der Waals surface area contributed by atoms with Crippen LogP contribution in [-0.4, -0.2) is 22.9 Å². The molecule has 148 valence electrons. The molecule has 0 fully saturated rings. The Kier molecular flexibility index (Phi) is 5.47. The molecule has 8 heteroatoms. The Labute approximate surface area is 171 Å². The number of ether oxygens (including phenoxy) is 1. The smallest absolute Gasteiger partial charge is 0.410 e. The number of benzene rings is 2. The summed E-state index contributed by atoms with van der Waals surface area (Å²) < 4.78 is 5.98. The van der Waals surface area contributed by atoms with E-state index in [-0.39, 0.29) is 6.54 Å². The second-order valence-electron chi connectivity index (χ2n) is 7.44. The Morgan fingerprint density at radius 2 is 1.89 bits per heavy atom. The van der Waals surface area contributed by atoms with Crippen molar-refractivity contribution >= 4 is 33.6 Å². The normalized spacial score (nSPS) is 18.8. The third-order valence-electron chi connectivity index (χ3n) is 4.17. The van der Waals surface area contributed by atoms with E-state index in [2.05, 4.69) is 26.1 Å². The monoisotopic (exact) mass is 448 g/mol. The number of anilines is 1. The van der Waals surface area contributed by atoms with Crippen LogP contribution in [0.25, 0.3) is 0 Å². The minimum Gasteiger partial charge on any atom is -0.444 e.